The Labute approximate surface area is 159 Å². The Hall–Kier alpha value is -2.87. The molecule has 0 aliphatic carbocycles. The molecule has 3 rings (SSSR count). The Bertz CT molecular complexity index is 1000. The monoisotopic (exact) mass is 393 g/mol. The molecule has 0 radical (unpaired) electrons. The average molecular weight is 394 g/mol. The predicted molar refractivity (Wildman–Crippen MR) is 96.5 cm³/mol. The van der Waals surface area contributed by atoms with E-state index in [4.69, 9.17) is 11.6 Å². The number of pyridine rings is 1. The zero-order valence-electron chi connectivity index (χ0n) is 14.7. The van der Waals surface area contributed by atoms with Crippen LogP contribution in [0.5, 0.6) is 5.75 Å². The minimum absolute atomic E-state index is 0.0525. The molecule has 1 aliphatic heterocycles. The number of carbonyl (C=O) groups is 2. The summed E-state index contributed by atoms with van der Waals surface area (Å²) in [6.45, 7) is 0.723. The molecular formula is C18H17ClFN3O4. The Morgan fingerprint density at radius 1 is 1.30 bits per heavy atom. The van der Waals surface area contributed by atoms with Crippen molar-refractivity contribution in [2.75, 3.05) is 20.6 Å². The van der Waals surface area contributed by atoms with Crippen molar-refractivity contribution in [3.8, 4) is 5.75 Å². The Morgan fingerprint density at radius 3 is 2.63 bits per heavy atom. The minimum Gasteiger partial charge on any atom is -0.503 e. The van der Waals surface area contributed by atoms with Gasteiger partial charge in [-0.15, -0.1) is 0 Å². The second-order valence-electron chi connectivity index (χ2n) is 6.44. The SMILES string of the molecule is CN(C)C(=O)c1cn2c(c(O)c1=O)C(=O)N(Cc1ccc(F)c(Cl)c1)CC2. The van der Waals surface area contributed by atoms with Gasteiger partial charge in [0.25, 0.3) is 11.8 Å². The van der Waals surface area contributed by atoms with Crippen molar-refractivity contribution in [3.05, 3.63) is 62.3 Å². The van der Waals surface area contributed by atoms with Crippen LogP contribution in [0.25, 0.3) is 0 Å². The van der Waals surface area contributed by atoms with Crippen LogP contribution in [0.15, 0.2) is 29.2 Å². The zero-order chi connectivity index (χ0) is 19.9. The van der Waals surface area contributed by atoms with Crippen LogP contribution in [0.4, 0.5) is 4.39 Å². The molecule has 2 aromatic rings. The molecule has 0 unspecified atom stereocenters. The van der Waals surface area contributed by atoms with E-state index in [-0.39, 0.29) is 29.4 Å². The van der Waals surface area contributed by atoms with Crippen LogP contribution in [0.2, 0.25) is 5.02 Å². The van der Waals surface area contributed by atoms with Crippen LogP contribution in [0.3, 0.4) is 0 Å². The molecule has 0 saturated carbocycles. The normalized spacial score (nSPS) is 13.5. The zero-order valence-corrected chi connectivity index (χ0v) is 15.5. The summed E-state index contributed by atoms with van der Waals surface area (Å²) in [6, 6.07) is 4.14. The number of amides is 2. The third-order valence-electron chi connectivity index (χ3n) is 4.35. The molecule has 2 amide bonds. The van der Waals surface area contributed by atoms with Crippen molar-refractivity contribution in [1.82, 2.24) is 14.4 Å². The summed E-state index contributed by atoms with van der Waals surface area (Å²) in [7, 11) is 2.98. The van der Waals surface area contributed by atoms with Crippen LogP contribution in [0.1, 0.15) is 26.4 Å². The summed E-state index contributed by atoms with van der Waals surface area (Å²) in [4.78, 5) is 39.9. The largest absolute Gasteiger partial charge is 0.503 e. The molecule has 1 aromatic heterocycles. The van der Waals surface area contributed by atoms with Gasteiger partial charge in [0.1, 0.15) is 11.4 Å². The fourth-order valence-corrected chi connectivity index (χ4v) is 3.14. The number of nitrogens with zero attached hydrogens (tertiary/aromatic N) is 3. The van der Waals surface area contributed by atoms with Gasteiger partial charge in [-0.1, -0.05) is 17.7 Å². The number of aromatic hydroxyl groups is 1. The lowest BCUT2D eigenvalue weighted by Gasteiger charge is -2.30. The van der Waals surface area contributed by atoms with Crippen molar-refractivity contribution < 1.29 is 19.1 Å². The third kappa shape index (κ3) is 3.40. The fourth-order valence-electron chi connectivity index (χ4n) is 2.93. The van der Waals surface area contributed by atoms with Crippen molar-refractivity contribution in [2.45, 2.75) is 13.1 Å². The van der Waals surface area contributed by atoms with Gasteiger partial charge in [-0.25, -0.2) is 4.39 Å². The highest BCUT2D eigenvalue weighted by atomic mass is 35.5. The van der Waals surface area contributed by atoms with E-state index in [9.17, 15) is 23.9 Å². The smallest absolute Gasteiger partial charge is 0.274 e. The maximum Gasteiger partial charge on any atom is 0.274 e. The highest BCUT2D eigenvalue weighted by Crippen LogP contribution is 2.23. The fraction of sp³-hybridized carbons (Fsp3) is 0.278. The number of halogens is 2. The summed E-state index contributed by atoms with van der Waals surface area (Å²) >= 11 is 5.77. The second kappa shape index (κ2) is 7.03. The molecule has 0 saturated heterocycles. The first-order chi connectivity index (χ1) is 12.7. The first-order valence-electron chi connectivity index (χ1n) is 8.12. The number of hydrogen-bond acceptors (Lipinski definition) is 4. The quantitative estimate of drug-likeness (QED) is 0.860. The van der Waals surface area contributed by atoms with Crippen molar-refractivity contribution >= 4 is 23.4 Å². The molecule has 0 atom stereocenters. The Balaban J connectivity index is 1.95. The van der Waals surface area contributed by atoms with Gasteiger partial charge in [-0.05, 0) is 17.7 Å². The van der Waals surface area contributed by atoms with Crippen LogP contribution in [-0.4, -0.2) is 51.9 Å². The lowest BCUT2D eigenvalue weighted by molar-refractivity contribution is 0.0680. The Kier molecular flexibility index (Phi) is 4.93. The van der Waals surface area contributed by atoms with Crippen LogP contribution in [-0.2, 0) is 13.1 Å². The molecule has 2 heterocycles. The molecular weight excluding hydrogens is 377 g/mol. The molecule has 1 aromatic carbocycles. The maximum absolute atomic E-state index is 13.3. The number of benzene rings is 1. The van der Waals surface area contributed by atoms with E-state index in [0.717, 1.165) is 0 Å². The molecule has 142 valence electrons. The van der Waals surface area contributed by atoms with E-state index >= 15 is 0 Å². The molecule has 0 spiro atoms. The molecule has 0 bridgehead atoms. The topological polar surface area (TPSA) is 82.8 Å². The molecule has 9 heteroatoms. The lowest BCUT2D eigenvalue weighted by Crippen LogP contribution is -2.42. The van der Waals surface area contributed by atoms with Gasteiger partial charge in [0.15, 0.2) is 11.4 Å². The Morgan fingerprint density at radius 2 is 2.00 bits per heavy atom. The van der Waals surface area contributed by atoms with Gasteiger partial charge >= 0.3 is 0 Å². The first kappa shape index (κ1) is 18.9. The molecule has 7 nitrogen and oxygen atoms in total. The number of aromatic nitrogens is 1. The number of hydrogen-bond donors (Lipinski definition) is 1. The predicted octanol–water partition coefficient (Wildman–Crippen LogP) is 1.70. The molecule has 0 fully saturated rings. The van der Waals surface area contributed by atoms with Gasteiger partial charge in [0.05, 0.1) is 5.02 Å². The van der Waals surface area contributed by atoms with Crippen LogP contribution >= 0.6 is 11.6 Å². The van der Waals surface area contributed by atoms with Crippen molar-refractivity contribution in [2.24, 2.45) is 0 Å². The van der Waals surface area contributed by atoms with Gasteiger partial charge in [0, 0.05) is 39.9 Å². The molecule has 1 aliphatic rings. The van der Waals surface area contributed by atoms with Crippen LogP contribution in [0, 0.1) is 5.82 Å². The van der Waals surface area contributed by atoms with Gasteiger partial charge < -0.3 is 19.5 Å². The number of fused-ring (bicyclic) bond motifs is 1. The van der Waals surface area contributed by atoms with Crippen molar-refractivity contribution in [1.29, 1.82) is 0 Å². The van der Waals surface area contributed by atoms with Crippen LogP contribution < -0.4 is 5.43 Å². The van der Waals surface area contributed by atoms with E-state index in [0.29, 0.717) is 12.1 Å². The highest BCUT2D eigenvalue weighted by Gasteiger charge is 2.31. The van der Waals surface area contributed by atoms with E-state index in [2.05, 4.69) is 0 Å². The molecule has 1 N–H and O–H groups in total. The third-order valence-corrected chi connectivity index (χ3v) is 4.64. The summed E-state index contributed by atoms with van der Waals surface area (Å²) < 4.78 is 14.7. The second-order valence-corrected chi connectivity index (χ2v) is 6.84. The summed E-state index contributed by atoms with van der Waals surface area (Å²) in [5, 5.41) is 10.2. The molecule has 27 heavy (non-hydrogen) atoms. The summed E-state index contributed by atoms with van der Waals surface area (Å²) in [6.07, 6.45) is 1.30. The number of rotatable bonds is 3. The van der Waals surface area contributed by atoms with Gasteiger partial charge in [0.2, 0.25) is 5.43 Å². The first-order valence-corrected chi connectivity index (χ1v) is 8.49. The standard InChI is InChI=1S/C18H17ClFN3O4/c1-21(2)17(26)11-9-22-5-6-23(18(27)14(22)16(25)15(11)24)8-10-3-4-13(20)12(19)7-10/h3-4,7,9,25H,5-6,8H2,1-2H3. The highest BCUT2D eigenvalue weighted by molar-refractivity contribution is 6.30. The lowest BCUT2D eigenvalue weighted by atomic mass is 10.1. The maximum atomic E-state index is 13.3. The van der Waals surface area contributed by atoms with Gasteiger partial charge in [-0.3, -0.25) is 14.4 Å². The average Bonchev–Trinajstić information content (AvgIpc) is 2.62. The summed E-state index contributed by atoms with van der Waals surface area (Å²) in [5.41, 5.74) is -0.646. The van der Waals surface area contributed by atoms with E-state index in [1.54, 1.807) is 0 Å². The number of carbonyl (C=O) groups excluding carboxylic acids is 2. The van der Waals surface area contributed by atoms with Crippen molar-refractivity contribution in [3.63, 3.8) is 0 Å². The van der Waals surface area contributed by atoms with Gasteiger partial charge in [-0.2, -0.15) is 0 Å². The summed E-state index contributed by atoms with van der Waals surface area (Å²) in [5.74, 6) is -2.42. The van der Waals surface area contributed by atoms with E-state index in [1.807, 2.05) is 0 Å². The van der Waals surface area contributed by atoms with E-state index < -0.39 is 28.8 Å². The van der Waals surface area contributed by atoms with E-state index in [1.165, 1.54) is 52.9 Å². The minimum atomic E-state index is -0.889.